The maximum Gasteiger partial charge on any atom is 0.225 e. The standard InChI is InChI=1S/C21H37N3O2.C2H6.C2H4/c1-3-20(25)18-4-6-19(7-5-18)21(26)24-10-8-17(9-11-24)16-23-14-12-22(2)13-15-23;2*1-2/h17-19H,3-16H2,1-2H3;1-2H3;1-2H2. The van der Waals surface area contributed by atoms with Gasteiger partial charge in [0.2, 0.25) is 5.91 Å². The van der Waals surface area contributed by atoms with Gasteiger partial charge in [-0.2, -0.15) is 0 Å². The molecule has 3 fully saturated rings. The highest BCUT2D eigenvalue weighted by molar-refractivity contribution is 5.82. The third-order valence-electron chi connectivity index (χ3n) is 6.92. The van der Waals surface area contributed by atoms with Crippen molar-refractivity contribution in [1.29, 1.82) is 0 Å². The minimum Gasteiger partial charge on any atom is -0.342 e. The predicted octanol–water partition coefficient (Wildman–Crippen LogP) is 4.09. The van der Waals surface area contributed by atoms with Crippen molar-refractivity contribution in [1.82, 2.24) is 14.7 Å². The van der Waals surface area contributed by atoms with Crippen molar-refractivity contribution in [2.45, 2.75) is 65.7 Å². The molecule has 3 aliphatic rings. The second-order valence-electron chi connectivity index (χ2n) is 8.74. The number of nitrogens with zero attached hydrogens (tertiary/aromatic N) is 3. The molecule has 2 heterocycles. The van der Waals surface area contributed by atoms with Crippen LogP contribution in [0.2, 0.25) is 0 Å². The average Bonchev–Trinajstić information content (AvgIpc) is 2.83. The van der Waals surface area contributed by atoms with Gasteiger partial charge in [-0.15, -0.1) is 13.2 Å². The number of ketones is 1. The summed E-state index contributed by atoms with van der Waals surface area (Å²) in [6.07, 6.45) is 6.62. The van der Waals surface area contributed by atoms with Crippen LogP contribution in [-0.4, -0.2) is 79.3 Å². The summed E-state index contributed by atoms with van der Waals surface area (Å²) in [6.45, 7) is 19.8. The van der Waals surface area contributed by atoms with E-state index in [0.29, 0.717) is 18.1 Å². The predicted molar refractivity (Wildman–Crippen MR) is 127 cm³/mol. The minimum atomic E-state index is 0.171. The van der Waals surface area contributed by atoms with Crippen LogP contribution in [0.15, 0.2) is 13.2 Å². The van der Waals surface area contributed by atoms with Crippen molar-refractivity contribution in [3.05, 3.63) is 13.2 Å². The fourth-order valence-electron chi connectivity index (χ4n) is 4.94. The summed E-state index contributed by atoms with van der Waals surface area (Å²) in [5.74, 6) is 1.90. The van der Waals surface area contributed by atoms with Crippen LogP contribution in [0.1, 0.15) is 65.7 Å². The summed E-state index contributed by atoms with van der Waals surface area (Å²) in [7, 11) is 2.20. The van der Waals surface area contributed by atoms with Gasteiger partial charge in [-0.1, -0.05) is 20.8 Å². The van der Waals surface area contributed by atoms with Gasteiger partial charge in [0, 0.05) is 64.1 Å². The summed E-state index contributed by atoms with van der Waals surface area (Å²) in [5.41, 5.74) is 0. The molecule has 0 aromatic carbocycles. The molecule has 1 aliphatic carbocycles. The van der Waals surface area contributed by atoms with E-state index in [1.54, 1.807) is 0 Å². The second kappa shape index (κ2) is 14.7. The first kappa shape index (κ1) is 26.8. The summed E-state index contributed by atoms with van der Waals surface area (Å²) in [4.78, 5) is 31.8. The van der Waals surface area contributed by atoms with Crippen LogP contribution in [0.5, 0.6) is 0 Å². The van der Waals surface area contributed by atoms with E-state index in [1.807, 2.05) is 20.8 Å². The van der Waals surface area contributed by atoms with Crippen LogP contribution in [0.3, 0.4) is 0 Å². The summed E-state index contributed by atoms with van der Waals surface area (Å²) in [5, 5.41) is 0. The quantitative estimate of drug-likeness (QED) is 0.627. The summed E-state index contributed by atoms with van der Waals surface area (Å²) in [6, 6.07) is 0. The van der Waals surface area contributed by atoms with E-state index < -0.39 is 0 Å². The Kier molecular flexibility index (Phi) is 13.2. The molecule has 5 heteroatoms. The lowest BCUT2D eigenvalue weighted by molar-refractivity contribution is -0.139. The summed E-state index contributed by atoms with van der Waals surface area (Å²) >= 11 is 0. The molecule has 5 nitrogen and oxygen atoms in total. The fourth-order valence-corrected chi connectivity index (χ4v) is 4.94. The number of carbonyl (C=O) groups excluding carboxylic acids is 2. The van der Waals surface area contributed by atoms with Gasteiger partial charge in [-0.25, -0.2) is 0 Å². The summed E-state index contributed by atoms with van der Waals surface area (Å²) < 4.78 is 0. The Labute approximate surface area is 185 Å². The molecule has 2 aliphatic heterocycles. The van der Waals surface area contributed by atoms with Crippen molar-refractivity contribution < 1.29 is 9.59 Å². The fraction of sp³-hybridized carbons (Fsp3) is 0.840. The number of piperazine rings is 1. The Morgan fingerprint density at radius 3 is 1.80 bits per heavy atom. The number of amides is 1. The van der Waals surface area contributed by atoms with Crippen LogP contribution in [-0.2, 0) is 9.59 Å². The minimum absolute atomic E-state index is 0.171. The van der Waals surface area contributed by atoms with Gasteiger partial charge in [0.1, 0.15) is 5.78 Å². The third-order valence-corrected chi connectivity index (χ3v) is 6.92. The largest absolute Gasteiger partial charge is 0.342 e. The molecule has 174 valence electrons. The first-order valence-electron chi connectivity index (χ1n) is 12.3. The van der Waals surface area contributed by atoms with Crippen molar-refractivity contribution in [2.24, 2.45) is 17.8 Å². The smallest absolute Gasteiger partial charge is 0.225 e. The van der Waals surface area contributed by atoms with E-state index in [2.05, 4.69) is 34.9 Å². The molecule has 0 atom stereocenters. The Morgan fingerprint density at radius 2 is 1.30 bits per heavy atom. The zero-order valence-corrected chi connectivity index (χ0v) is 20.2. The van der Waals surface area contributed by atoms with Gasteiger partial charge in [0.25, 0.3) is 0 Å². The SMILES string of the molecule is C=C.CC.CCC(=O)C1CCC(C(=O)N2CCC(CN3CCN(C)CC3)CC2)CC1. The molecule has 0 N–H and O–H groups in total. The van der Waals surface area contributed by atoms with Gasteiger partial charge in [-0.3, -0.25) is 9.59 Å². The van der Waals surface area contributed by atoms with E-state index >= 15 is 0 Å². The van der Waals surface area contributed by atoms with Crippen LogP contribution in [0.4, 0.5) is 0 Å². The second-order valence-corrected chi connectivity index (χ2v) is 8.74. The van der Waals surface area contributed by atoms with Gasteiger partial charge in [-0.05, 0) is 51.5 Å². The molecule has 0 spiro atoms. The molecule has 0 unspecified atom stereocenters. The molecular formula is C25H47N3O2. The van der Waals surface area contributed by atoms with Crippen LogP contribution in [0.25, 0.3) is 0 Å². The zero-order valence-electron chi connectivity index (χ0n) is 20.2. The van der Waals surface area contributed by atoms with Crippen molar-refractivity contribution in [2.75, 3.05) is 52.9 Å². The number of likely N-dealkylation sites (tertiary alicyclic amines) is 1. The lowest BCUT2D eigenvalue weighted by atomic mass is 9.78. The van der Waals surface area contributed by atoms with Crippen LogP contribution < -0.4 is 0 Å². The third kappa shape index (κ3) is 8.14. The Hall–Kier alpha value is -1.20. The topological polar surface area (TPSA) is 43.9 Å². The lowest BCUT2D eigenvalue weighted by Gasteiger charge is -2.39. The molecule has 2 saturated heterocycles. The zero-order chi connectivity index (χ0) is 22.5. The maximum absolute atomic E-state index is 12.9. The average molecular weight is 422 g/mol. The molecule has 0 bridgehead atoms. The van der Waals surface area contributed by atoms with E-state index in [0.717, 1.165) is 57.5 Å². The number of rotatable bonds is 5. The highest BCUT2D eigenvalue weighted by Crippen LogP contribution is 2.32. The Bertz CT molecular complexity index is 487. The van der Waals surface area contributed by atoms with E-state index in [1.165, 1.54) is 32.7 Å². The van der Waals surface area contributed by atoms with Crippen molar-refractivity contribution in [3.8, 4) is 0 Å². The van der Waals surface area contributed by atoms with Crippen LogP contribution in [0, 0.1) is 17.8 Å². The number of Topliss-reactive ketones (excluding diaryl/α,β-unsaturated/α-hetero) is 1. The van der Waals surface area contributed by atoms with E-state index in [-0.39, 0.29) is 11.8 Å². The van der Waals surface area contributed by atoms with E-state index in [4.69, 9.17) is 0 Å². The van der Waals surface area contributed by atoms with Crippen LogP contribution >= 0.6 is 0 Å². The number of hydrogen-bond acceptors (Lipinski definition) is 4. The molecule has 30 heavy (non-hydrogen) atoms. The Morgan fingerprint density at radius 1 is 0.800 bits per heavy atom. The molecule has 3 rings (SSSR count). The van der Waals surface area contributed by atoms with E-state index in [9.17, 15) is 9.59 Å². The van der Waals surface area contributed by atoms with Gasteiger partial charge in [0.15, 0.2) is 0 Å². The first-order valence-corrected chi connectivity index (χ1v) is 12.3. The van der Waals surface area contributed by atoms with Crippen molar-refractivity contribution in [3.63, 3.8) is 0 Å². The molecule has 0 aromatic rings. The molecule has 0 radical (unpaired) electrons. The lowest BCUT2D eigenvalue weighted by Crippen LogP contribution is -2.48. The number of piperidine rings is 1. The van der Waals surface area contributed by atoms with Gasteiger partial charge >= 0.3 is 0 Å². The molecule has 0 aromatic heterocycles. The number of carbonyl (C=O) groups is 2. The first-order chi connectivity index (χ1) is 14.6. The molecular weight excluding hydrogens is 374 g/mol. The van der Waals surface area contributed by atoms with Crippen molar-refractivity contribution >= 4 is 11.7 Å². The molecule has 1 amide bonds. The normalized spacial score (nSPS) is 26.1. The Balaban J connectivity index is 0.00000106. The number of likely N-dealkylation sites (N-methyl/N-ethyl adjacent to an activating group) is 1. The number of hydrogen-bond donors (Lipinski definition) is 0. The maximum atomic E-state index is 12.9. The highest BCUT2D eigenvalue weighted by atomic mass is 16.2. The van der Waals surface area contributed by atoms with Gasteiger partial charge < -0.3 is 14.7 Å². The van der Waals surface area contributed by atoms with Gasteiger partial charge in [0.05, 0.1) is 0 Å². The molecule has 1 saturated carbocycles. The highest BCUT2D eigenvalue weighted by Gasteiger charge is 2.33. The monoisotopic (exact) mass is 421 g/mol.